The van der Waals surface area contributed by atoms with Crippen LogP contribution >= 0.6 is 0 Å². The molecule has 0 spiro atoms. The second kappa shape index (κ2) is 8.11. The minimum Gasteiger partial charge on any atom is -0.356 e. The Morgan fingerprint density at radius 3 is 2.78 bits per heavy atom. The summed E-state index contributed by atoms with van der Waals surface area (Å²) in [5, 5.41) is 15.6. The summed E-state index contributed by atoms with van der Waals surface area (Å²) in [7, 11) is 1.99. The van der Waals surface area contributed by atoms with Crippen molar-refractivity contribution in [2.75, 3.05) is 6.54 Å². The first-order valence-corrected chi connectivity index (χ1v) is 10.2. The normalized spacial score (nSPS) is 20.1. The maximum Gasteiger partial charge on any atom is 0.191 e. The Kier molecular flexibility index (Phi) is 5.41. The van der Waals surface area contributed by atoms with Crippen LogP contribution in [0.15, 0.2) is 29.3 Å². The molecule has 4 rings (SSSR count). The highest BCUT2D eigenvalue weighted by Crippen LogP contribution is 2.32. The molecule has 27 heavy (non-hydrogen) atoms. The van der Waals surface area contributed by atoms with Gasteiger partial charge >= 0.3 is 0 Å². The van der Waals surface area contributed by atoms with Gasteiger partial charge in [0.15, 0.2) is 11.8 Å². The molecule has 1 heterocycles. The fraction of sp³-hybridized carbons (Fsp3) is 0.571. The summed E-state index contributed by atoms with van der Waals surface area (Å²) in [4.78, 5) is 4.82. The molecule has 2 N–H and O–H groups in total. The van der Waals surface area contributed by atoms with E-state index in [9.17, 15) is 0 Å². The Morgan fingerprint density at radius 2 is 2.00 bits per heavy atom. The van der Waals surface area contributed by atoms with Crippen LogP contribution in [0.2, 0.25) is 0 Å². The molecule has 144 valence electrons. The van der Waals surface area contributed by atoms with E-state index in [-0.39, 0.29) is 0 Å². The summed E-state index contributed by atoms with van der Waals surface area (Å²) in [6, 6.07) is 9.37. The molecule has 2 aromatic rings. The number of nitrogens with zero attached hydrogens (tertiary/aromatic N) is 4. The predicted molar refractivity (Wildman–Crippen MR) is 108 cm³/mol. The molecular formula is C21H30N6. The molecule has 6 nitrogen and oxygen atoms in total. The lowest BCUT2D eigenvalue weighted by molar-refractivity contribution is 0.591. The second-order valence-electron chi connectivity index (χ2n) is 7.83. The van der Waals surface area contributed by atoms with Crippen LogP contribution in [0.1, 0.15) is 60.8 Å². The minimum atomic E-state index is 0.536. The van der Waals surface area contributed by atoms with Gasteiger partial charge < -0.3 is 15.2 Å². The number of hydrogen-bond donors (Lipinski definition) is 2. The van der Waals surface area contributed by atoms with Gasteiger partial charge in [-0.2, -0.15) is 0 Å². The van der Waals surface area contributed by atoms with Gasteiger partial charge in [-0.15, -0.1) is 10.2 Å². The van der Waals surface area contributed by atoms with E-state index < -0.39 is 0 Å². The van der Waals surface area contributed by atoms with Crippen LogP contribution in [-0.2, 0) is 20.0 Å². The van der Waals surface area contributed by atoms with Crippen LogP contribution in [0.3, 0.4) is 0 Å². The van der Waals surface area contributed by atoms with Crippen molar-refractivity contribution in [1.82, 2.24) is 25.4 Å². The lowest BCUT2D eigenvalue weighted by atomic mass is 10.0. The van der Waals surface area contributed by atoms with Crippen molar-refractivity contribution in [3.8, 4) is 0 Å². The molecule has 1 atom stereocenters. The Hall–Kier alpha value is -2.37. The SMILES string of the molecule is Cc1nnc(CN=C(NCC2CCc3ccccc32)NC2CCCC2)n1C. The number of hydrogen-bond acceptors (Lipinski definition) is 3. The van der Waals surface area contributed by atoms with Crippen molar-refractivity contribution < 1.29 is 0 Å². The van der Waals surface area contributed by atoms with Crippen LogP contribution in [-0.4, -0.2) is 33.3 Å². The zero-order chi connectivity index (χ0) is 18.6. The monoisotopic (exact) mass is 366 g/mol. The molecule has 1 unspecified atom stereocenters. The molecule has 1 aromatic carbocycles. The maximum absolute atomic E-state index is 4.82. The molecule has 1 fully saturated rings. The van der Waals surface area contributed by atoms with Crippen molar-refractivity contribution in [3.63, 3.8) is 0 Å². The summed E-state index contributed by atoms with van der Waals surface area (Å²) >= 11 is 0. The van der Waals surface area contributed by atoms with Crippen molar-refractivity contribution in [3.05, 3.63) is 47.0 Å². The quantitative estimate of drug-likeness (QED) is 0.631. The lowest BCUT2D eigenvalue weighted by Gasteiger charge is -2.20. The van der Waals surface area contributed by atoms with E-state index in [0.717, 1.165) is 24.2 Å². The zero-order valence-corrected chi connectivity index (χ0v) is 16.4. The van der Waals surface area contributed by atoms with Gasteiger partial charge in [0.1, 0.15) is 12.4 Å². The number of fused-ring (bicyclic) bond motifs is 1. The highest BCUT2D eigenvalue weighted by atomic mass is 15.3. The van der Waals surface area contributed by atoms with Crippen LogP contribution < -0.4 is 10.6 Å². The van der Waals surface area contributed by atoms with E-state index in [4.69, 9.17) is 4.99 Å². The van der Waals surface area contributed by atoms with Gasteiger partial charge in [-0.3, -0.25) is 0 Å². The number of aryl methyl sites for hydroxylation is 2. The Labute approximate surface area is 161 Å². The predicted octanol–water partition coefficient (Wildman–Crippen LogP) is 2.83. The highest BCUT2D eigenvalue weighted by Gasteiger charge is 2.23. The third kappa shape index (κ3) is 4.15. The highest BCUT2D eigenvalue weighted by molar-refractivity contribution is 5.80. The van der Waals surface area contributed by atoms with Crippen LogP contribution in [0, 0.1) is 6.92 Å². The van der Waals surface area contributed by atoms with Crippen LogP contribution in [0.25, 0.3) is 0 Å². The van der Waals surface area contributed by atoms with E-state index in [2.05, 4.69) is 45.1 Å². The zero-order valence-electron chi connectivity index (χ0n) is 16.4. The van der Waals surface area contributed by atoms with E-state index >= 15 is 0 Å². The van der Waals surface area contributed by atoms with Gasteiger partial charge in [-0.25, -0.2) is 4.99 Å². The topological polar surface area (TPSA) is 67.1 Å². The summed E-state index contributed by atoms with van der Waals surface area (Å²) in [6.45, 7) is 3.43. The fourth-order valence-corrected chi connectivity index (χ4v) is 4.23. The summed E-state index contributed by atoms with van der Waals surface area (Å²) < 4.78 is 2.00. The van der Waals surface area contributed by atoms with Crippen molar-refractivity contribution in [2.24, 2.45) is 12.0 Å². The van der Waals surface area contributed by atoms with E-state index in [1.807, 2.05) is 18.5 Å². The van der Waals surface area contributed by atoms with Crippen LogP contribution in [0.5, 0.6) is 0 Å². The van der Waals surface area contributed by atoms with E-state index in [0.29, 0.717) is 18.5 Å². The Balaban J connectivity index is 1.43. The van der Waals surface area contributed by atoms with E-state index in [1.165, 1.54) is 49.7 Å². The number of aliphatic imine (C=N–C) groups is 1. The Morgan fingerprint density at radius 1 is 1.19 bits per heavy atom. The minimum absolute atomic E-state index is 0.536. The smallest absolute Gasteiger partial charge is 0.191 e. The average Bonchev–Trinajstić information content (AvgIpc) is 3.41. The molecule has 0 amide bonds. The Bertz CT molecular complexity index is 803. The van der Waals surface area contributed by atoms with Gasteiger partial charge in [0.05, 0.1) is 0 Å². The summed E-state index contributed by atoms with van der Waals surface area (Å²) in [5.74, 6) is 3.29. The lowest BCUT2D eigenvalue weighted by Crippen LogP contribution is -2.43. The largest absolute Gasteiger partial charge is 0.356 e. The first kappa shape index (κ1) is 18.0. The third-order valence-corrected chi connectivity index (χ3v) is 6.03. The second-order valence-corrected chi connectivity index (χ2v) is 7.83. The van der Waals surface area contributed by atoms with Crippen molar-refractivity contribution in [1.29, 1.82) is 0 Å². The molecule has 0 aliphatic heterocycles. The molecule has 0 radical (unpaired) electrons. The van der Waals surface area contributed by atoms with Gasteiger partial charge in [0.25, 0.3) is 0 Å². The first-order chi connectivity index (χ1) is 13.2. The fourth-order valence-electron chi connectivity index (χ4n) is 4.23. The van der Waals surface area contributed by atoms with Gasteiger partial charge in [-0.1, -0.05) is 37.1 Å². The van der Waals surface area contributed by atoms with E-state index in [1.54, 1.807) is 0 Å². The maximum atomic E-state index is 4.82. The molecular weight excluding hydrogens is 336 g/mol. The molecule has 0 saturated heterocycles. The summed E-state index contributed by atoms with van der Waals surface area (Å²) in [6.07, 6.45) is 7.48. The number of benzene rings is 1. The van der Waals surface area contributed by atoms with Crippen molar-refractivity contribution in [2.45, 2.75) is 64.0 Å². The third-order valence-electron chi connectivity index (χ3n) is 6.03. The van der Waals surface area contributed by atoms with Crippen molar-refractivity contribution >= 4 is 5.96 Å². The van der Waals surface area contributed by atoms with Gasteiger partial charge in [-0.05, 0) is 43.7 Å². The standard InChI is InChI=1S/C21H30N6/c1-15-25-26-20(27(15)2)14-23-21(24-18-8-4-5-9-18)22-13-17-12-11-16-7-3-6-10-19(16)17/h3,6-7,10,17-18H,4-5,8-9,11-14H2,1-2H3,(H2,22,23,24). The number of guanidine groups is 1. The number of nitrogens with one attached hydrogen (secondary N) is 2. The van der Waals surface area contributed by atoms with Gasteiger partial charge in [0, 0.05) is 25.6 Å². The molecule has 6 heteroatoms. The molecule has 2 aliphatic carbocycles. The number of rotatable bonds is 5. The molecule has 1 aromatic heterocycles. The molecule has 0 bridgehead atoms. The molecule has 2 aliphatic rings. The number of aromatic nitrogens is 3. The first-order valence-electron chi connectivity index (χ1n) is 10.2. The summed E-state index contributed by atoms with van der Waals surface area (Å²) in [5.41, 5.74) is 3.00. The molecule has 1 saturated carbocycles. The van der Waals surface area contributed by atoms with Gasteiger partial charge in [0.2, 0.25) is 0 Å². The van der Waals surface area contributed by atoms with Crippen LogP contribution in [0.4, 0.5) is 0 Å². The average molecular weight is 367 g/mol.